The molecule has 1 saturated heterocycles. The van der Waals surface area contributed by atoms with E-state index in [2.05, 4.69) is 9.88 Å². The van der Waals surface area contributed by atoms with Crippen LogP contribution in [0.5, 0.6) is 0 Å². The number of nitrogens with zero attached hydrogens (tertiary/aromatic N) is 3. The maximum atomic E-state index is 12.5. The minimum atomic E-state index is -0.0112. The molecule has 1 unspecified atom stereocenters. The molecule has 1 aromatic rings. The normalized spacial score (nSPS) is 18.4. The number of aromatic nitrogens is 1. The van der Waals surface area contributed by atoms with E-state index in [0.29, 0.717) is 18.8 Å². The van der Waals surface area contributed by atoms with E-state index in [1.54, 1.807) is 12.3 Å². The van der Waals surface area contributed by atoms with Gasteiger partial charge in [0.25, 0.3) is 5.91 Å². The van der Waals surface area contributed by atoms with Crippen LogP contribution in [0.4, 0.5) is 0 Å². The van der Waals surface area contributed by atoms with Gasteiger partial charge in [-0.25, -0.2) is 0 Å². The molecular formula is C15H23N3O2. The Bertz CT molecular complexity index is 416. The summed E-state index contributed by atoms with van der Waals surface area (Å²) in [4.78, 5) is 20.6. The van der Waals surface area contributed by atoms with Crippen molar-refractivity contribution in [2.45, 2.75) is 18.9 Å². The summed E-state index contributed by atoms with van der Waals surface area (Å²) in [6.07, 6.45) is 3.95. The number of ether oxygens (including phenoxy) is 1. The lowest BCUT2D eigenvalue weighted by molar-refractivity contribution is 0.0508. The van der Waals surface area contributed by atoms with Gasteiger partial charge in [0.05, 0.1) is 6.10 Å². The molecule has 5 heteroatoms. The van der Waals surface area contributed by atoms with Crippen molar-refractivity contribution >= 4 is 5.91 Å². The molecule has 5 nitrogen and oxygen atoms in total. The summed E-state index contributed by atoms with van der Waals surface area (Å²) >= 11 is 0. The van der Waals surface area contributed by atoms with Gasteiger partial charge < -0.3 is 14.5 Å². The van der Waals surface area contributed by atoms with E-state index in [-0.39, 0.29) is 12.0 Å². The minimum Gasteiger partial charge on any atom is -0.376 e. The van der Waals surface area contributed by atoms with E-state index >= 15 is 0 Å². The van der Waals surface area contributed by atoms with E-state index in [1.807, 2.05) is 31.1 Å². The Morgan fingerprint density at radius 1 is 1.40 bits per heavy atom. The molecule has 2 heterocycles. The second kappa shape index (κ2) is 7.36. The average Bonchev–Trinajstić information content (AvgIpc) is 2.96. The summed E-state index contributed by atoms with van der Waals surface area (Å²) in [5, 5.41) is 0. The fraction of sp³-hybridized carbons (Fsp3) is 0.600. The van der Waals surface area contributed by atoms with Crippen LogP contribution in [0.2, 0.25) is 0 Å². The van der Waals surface area contributed by atoms with E-state index in [4.69, 9.17) is 4.74 Å². The Balaban J connectivity index is 2.02. The van der Waals surface area contributed by atoms with E-state index in [0.717, 1.165) is 26.0 Å². The van der Waals surface area contributed by atoms with Gasteiger partial charge in [0.15, 0.2) is 0 Å². The first-order chi connectivity index (χ1) is 9.66. The lowest BCUT2D eigenvalue weighted by Crippen LogP contribution is -2.41. The molecule has 0 N–H and O–H groups in total. The summed E-state index contributed by atoms with van der Waals surface area (Å²) in [7, 11) is 4.02. The van der Waals surface area contributed by atoms with Gasteiger partial charge in [0.1, 0.15) is 5.69 Å². The van der Waals surface area contributed by atoms with Crippen molar-refractivity contribution in [2.24, 2.45) is 0 Å². The van der Waals surface area contributed by atoms with Crippen LogP contribution in [0.15, 0.2) is 24.4 Å². The Morgan fingerprint density at radius 2 is 2.25 bits per heavy atom. The summed E-state index contributed by atoms with van der Waals surface area (Å²) in [6.45, 7) is 3.00. The van der Waals surface area contributed by atoms with Gasteiger partial charge in [-0.1, -0.05) is 6.07 Å². The maximum Gasteiger partial charge on any atom is 0.272 e. The Kier molecular flexibility index (Phi) is 5.49. The van der Waals surface area contributed by atoms with Crippen molar-refractivity contribution in [1.82, 2.24) is 14.8 Å². The standard InChI is InChI=1S/C15H23N3O2/c1-17(2)9-10-18(12-13-6-5-11-20-13)15(19)14-7-3-4-8-16-14/h3-4,7-8,13H,5-6,9-12H2,1-2H3. The molecule has 0 spiro atoms. The summed E-state index contributed by atoms with van der Waals surface area (Å²) in [5.41, 5.74) is 0.504. The van der Waals surface area contributed by atoms with Crippen molar-refractivity contribution in [2.75, 3.05) is 40.3 Å². The molecule has 0 saturated carbocycles. The van der Waals surface area contributed by atoms with Crippen molar-refractivity contribution in [3.05, 3.63) is 30.1 Å². The van der Waals surface area contributed by atoms with Crippen LogP contribution in [-0.4, -0.2) is 67.1 Å². The van der Waals surface area contributed by atoms with Crippen LogP contribution in [0.25, 0.3) is 0 Å². The third kappa shape index (κ3) is 4.28. The van der Waals surface area contributed by atoms with E-state index in [1.165, 1.54) is 0 Å². The molecule has 1 aliphatic rings. The number of likely N-dealkylation sites (N-methyl/N-ethyl adjacent to an activating group) is 1. The van der Waals surface area contributed by atoms with Crippen molar-refractivity contribution in [3.8, 4) is 0 Å². The fourth-order valence-corrected chi connectivity index (χ4v) is 2.28. The molecule has 20 heavy (non-hydrogen) atoms. The lowest BCUT2D eigenvalue weighted by Gasteiger charge is -2.26. The summed E-state index contributed by atoms with van der Waals surface area (Å²) in [5.74, 6) is -0.0112. The number of carbonyl (C=O) groups is 1. The first-order valence-electron chi connectivity index (χ1n) is 7.13. The lowest BCUT2D eigenvalue weighted by atomic mass is 10.2. The number of pyridine rings is 1. The summed E-state index contributed by atoms with van der Waals surface area (Å²) < 4.78 is 5.65. The van der Waals surface area contributed by atoms with Crippen molar-refractivity contribution in [3.63, 3.8) is 0 Å². The van der Waals surface area contributed by atoms with Gasteiger partial charge in [-0.15, -0.1) is 0 Å². The zero-order valence-electron chi connectivity index (χ0n) is 12.3. The smallest absolute Gasteiger partial charge is 0.272 e. The third-order valence-corrected chi connectivity index (χ3v) is 3.44. The number of hydrogen-bond donors (Lipinski definition) is 0. The van der Waals surface area contributed by atoms with Gasteiger partial charge >= 0.3 is 0 Å². The zero-order chi connectivity index (χ0) is 14.4. The van der Waals surface area contributed by atoms with Crippen molar-refractivity contribution in [1.29, 1.82) is 0 Å². The van der Waals surface area contributed by atoms with Crippen LogP contribution >= 0.6 is 0 Å². The number of amides is 1. The van der Waals surface area contributed by atoms with Gasteiger partial charge in [0, 0.05) is 32.4 Å². The van der Waals surface area contributed by atoms with Gasteiger partial charge in [-0.2, -0.15) is 0 Å². The molecule has 110 valence electrons. The number of rotatable bonds is 6. The second-order valence-corrected chi connectivity index (χ2v) is 5.40. The second-order valence-electron chi connectivity index (χ2n) is 5.40. The SMILES string of the molecule is CN(C)CCN(CC1CCCO1)C(=O)c1ccccn1. The van der Waals surface area contributed by atoms with Crippen LogP contribution in [0.1, 0.15) is 23.3 Å². The highest BCUT2D eigenvalue weighted by Gasteiger charge is 2.23. The molecular weight excluding hydrogens is 254 g/mol. The minimum absolute atomic E-state index is 0.0112. The third-order valence-electron chi connectivity index (χ3n) is 3.44. The molecule has 0 aliphatic carbocycles. The molecule has 1 amide bonds. The Hall–Kier alpha value is -1.46. The molecule has 0 aromatic carbocycles. The number of carbonyl (C=O) groups excluding carboxylic acids is 1. The maximum absolute atomic E-state index is 12.5. The highest BCUT2D eigenvalue weighted by Crippen LogP contribution is 2.14. The van der Waals surface area contributed by atoms with Crippen LogP contribution in [0, 0.1) is 0 Å². The van der Waals surface area contributed by atoms with E-state index in [9.17, 15) is 4.79 Å². The average molecular weight is 277 g/mol. The Morgan fingerprint density at radius 3 is 2.85 bits per heavy atom. The van der Waals surface area contributed by atoms with Crippen LogP contribution in [-0.2, 0) is 4.74 Å². The topological polar surface area (TPSA) is 45.7 Å². The first kappa shape index (κ1) is 14.9. The predicted octanol–water partition coefficient (Wildman–Crippen LogP) is 1.26. The zero-order valence-corrected chi connectivity index (χ0v) is 12.3. The molecule has 1 aromatic heterocycles. The fourth-order valence-electron chi connectivity index (χ4n) is 2.28. The molecule has 0 bridgehead atoms. The van der Waals surface area contributed by atoms with Crippen molar-refractivity contribution < 1.29 is 9.53 Å². The largest absolute Gasteiger partial charge is 0.376 e. The quantitative estimate of drug-likeness (QED) is 0.785. The molecule has 1 aliphatic heterocycles. The van der Waals surface area contributed by atoms with Crippen LogP contribution < -0.4 is 0 Å². The molecule has 1 fully saturated rings. The highest BCUT2D eigenvalue weighted by atomic mass is 16.5. The Labute approximate surface area is 120 Å². The molecule has 1 atom stereocenters. The van der Waals surface area contributed by atoms with Gasteiger partial charge in [-0.3, -0.25) is 9.78 Å². The highest BCUT2D eigenvalue weighted by molar-refractivity contribution is 5.92. The van der Waals surface area contributed by atoms with Crippen LogP contribution in [0.3, 0.4) is 0 Å². The van der Waals surface area contributed by atoms with Gasteiger partial charge in [-0.05, 0) is 39.1 Å². The first-order valence-corrected chi connectivity index (χ1v) is 7.13. The molecule has 2 rings (SSSR count). The number of hydrogen-bond acceptors (Lipinski definition) is 4. The predicted molar refractivity (Wildman–Crippen MR) is 77.7 cm³/mol. The monoisotopic (exact) mass is 277 g/mol. The van der Waals surface area contributed by atoms with Gasteiger partial charge in [0.2, 0.25) is 0 Å². The van der Waals surface area contributed by atoms with E-state index < -0.39 is 0 Å². The molecule has 0 radical (unpaired) electrons. The summed E-state index contributed by atoms with van der Waals surface area (Å²) in [6, 6.07) is 5.43.